The monoisotopic (exact) mass is 359 g/mol. The molecule has 4 aromatic rings. The summed E-state index contributed by atoms with van der Waals surface area (Å²) < 4.78 is 5.94. The number of pyridine rings is 1. The normalized spacial score (nSPS) is 11.0. The molecule has 0 bridgehead atoms. The maximum Gasteiger partial charge on any atom is 0.321 e. The van der Waals surface area contributed by atoms with E-state index in [-0.39, 0.29) is 6.03 Å². The summed E-state index contributed by atoms with van der Waals surface area (Å²) in [5, 5.41) is 6.03. The first-order valence-electron chi connectivity index (χ1n) is 9.01. The zero-order chi connectivity index (χ0) is 18.8. The first-order chi connectivity index (χ1) is 13.2. The van der Waals surface area contributed by atoms with E-state index in [4.69, 9.17) is 4.42 Å². The number of furan rings is 1. The molecule has 0 radical (unpaired) electrons. The number of carbonyl (C=O) groups excluding carboxylic acids is 1. The lowest BCUT2D eigenvalue weighted by molar-refractivity contribution is 0.220. The third-order valence-corrected chi connectivity index (χ3v) is 4.77. The number of carbonyl (C=O) groups is 1. The largest absolute Gasteiger partial charge is 0.461 e. The van der Waals surface area contributed by atoms with Crippen molar-refractivity contribution in [3.63, 3.8) is 0 Å². The summed E-state index contributed by atoms with van der Waals surface area (Å²) in [5.41, 5.74) is 2.70. The minimum atomic E-state index is -0.161. The number of hydrogen-bond donors (Lipinski definition) is 1. The van der Waals surface area contributed by atoms with Crippen molar-refractivity contribution in [1.29, 1.82) is 0 Å². The zero-order valence-electron chi connectivity index (χ0n) is 15.4. The molecular formula is C22H21N3O2. The van der Waals surface area contributed by atoms with Gasteiger partial charge < -0.3 is 14.6 Å². The average Bonchev–Trinajstić information content (AvgIpc) is 3.06. The van der Waals surface area contributed by atoms with Crippen LogP contribution in [0.3, 0.4) is 0 Å². The lowest BCUT2D eigenvalue weighted by Gasteiger charge is -2.19. The van der Waals surface area contributed by atoms with E-state index in [1.807, 2.05) is 48.5 Å². The van der Waals surface area contributed by atoms with Crippen LogP contribution in [0.15, 0.2) is 65.3 Å². The summed E-state index contributed by atoms with van der Waals surface area (Å²) in [7, 11) is 1.79. The molecule has 5 heteroatoms. The van der Waals surface area contributed by atoms with Gasteiger partial charge in [0.1, 0.15) is 11.3 Å². The number of fused-ring (bicyclic) bond motifs is 2. The summed E-state index contributed by atoms with van der Waals surface area (Å²) >= 11 is 0. The minimum Gasteiger partial charge on any atom is -0.461 e. The van der Waals surface area contributed by atoms with Gasteiger partial charge in [-0.2, -0.15) is 0 Å². The lowest BCUT2D eigenvalue weighted by Crippen LogP contribution is -2.31. The van der Waals surface area contributed by atoms with Crippen LogP contribution in [0.2, 0.25) is 0 Å². The van der Waals surface area contributed by atoms with E-state index in [2.05, 4.69) is 17.2 Å². The molecule has 2 aromatic carbocycles. The standard InChI is InChI=1S/C22H21N3O2/c1-3-20-18(17-8-4-5-10-21(17)27-20)14-25(2)22(26)24-19-9-6-7-15-13-23-12-11-16(15)19/h4-13H,3,14H2,1-2H3,(H,24,26). The number of benzene rings is 2. The van der Waals surface area contributed by atoms with Gasteiger partial charge >= 0.3 is 6.03 Å². The number of hydrogen-bond acceptors (Lipinski definition) is 3. The molecule has 136 valence electrons. The summed E-state index contributed by atoms with van der Waals surface area (Å²) in [4.78, 5) is 18.6. The van der Waals surface area contributed by atoms with Crippen LogP contribution < -0.4 is 5.32 Å². The maximum atomic E-state index is 12.8. The molecule has 0 atom stereocenters. The molecule has 0 saturated heterocycles. The summed E-state index contributed by atoms with van der Waals surface area (Å²) in [5.74, 6) is 0.923. The quantitative estimate of drug-likeness (QED) is 0.544. The van der Waals surface area contributed by atoms with Crippen LogP contribution in [0.5, 0.6) is 0 Å². The number of amides is 2. The van der Waals surface area contributed by atoms with Gasteiger partial charge in [-0.05, 0) is 18.2 Å². The zero-order valence-corrected chi connectivity index (χ0v) is 15.4. The van der Waals surface area contributed by atoms with E-state index in [1.54, 1.807) is 24.3 Å². The third-order valence-electron chi connectivity index (χ3n) is 4.77. The highest BCUT2D eigenvalue weighted by Crippen LogP contribution is 2.28. The van der Waals surface area contributed by atoms with Gasteiger partial charge in [-0.3, -0.25) is 4.98 Å². The van der Waals surface area contributed by atoms with Crippen molar-refractivity contribution in [2.45, 2.75) is 19.9 Å². The minimum absolute atomic E-state index is 0.161. The molecule has 0 fully saturated rings. The van der Waals surface area contributed by atoms with E-state index < -0.39 is 0 Å². The van der Waals surface area contributed by atoms with Gasteiger partial charge in [-0.25, -0.2) is 4.79 Å². The molecule has 5 nitrogen and oxygen atoms in total. The second-order valence-corrected chi connectivity index (χ2v) is 6.54. The van der Waals surface area contributed by atoms with Gasteiger partial charge in [0.2, 0.25) is 0 Å². The van der Waals surface area contributed by atoms with Crippen LogP contribution in [0.1, 0.15) is 18.2 Å². The highest BCUT2D eigenvalue weighted by atomic mass is 16.3. The Morgan fingerprint density at radius 2 is 1.96 bits per heavy atom. The number of nitrogens with zero attached hydrogens (tertiary/aromatic N) is 2. The smallest absolute Gasteiger partial charge is 0.321 e. The molecule has 2 heterocycles. The van der Waals surface area contributed by atoms with Gasteiger partial charge in [0.15, 0.2) is 0 Å². The molecule has 0 spiro atoms. The predicted molar refractivity (Wildman–Crippen MR) is 108 cm³/mol. The Hall–Kier alpha value is -3.34. The van der Waals surface area contributed by atoms with Gasteiger partial charge in [0.05, 0.1) is 12.2 Å². The molecule has 0 aliphatic carbocycles. The molecule has 0 aliphatic heterocycles. The van der Waals surface area contributed by atoms with Crippen LogP contribution in [0, 0.1) is 0 Å². The van der Waals surface area contributed by atoms with Crippen LogP contribution in [-0.2, 0) is 13.0 Å². The van der Waals surface area contributed by atoms with Crippen molar-refractivity contribution in [3.8, 4) is 0 Å². The van der Waals surface area contributed by atoms with Crippen LogP contribution in [0.25, 0.3) is 21.7 Å². The van der Waals surface area contributed by atoms with Gasteiger partial charge in [0, 0.05) is 47.6 Å². The maximum absolute atomic E-state index is 12.8. The first-order valence-corrected chi connectivity index (χ1v) is 9.01. The Labute approximate surface area is 157 Å². The number of rotatable bonds is 4. The highest BCUT2D eigenvalue weighted by molar-refractivity contribution is 6.01. The highest BCUT2D eigenvalue weighted by Gasteiger charge is 2.17. The Morgan fingerprint density at radius 3 is 2.81 bits per heavy atom. The fourth-order valence-electron chi connectivity index (χ4n) is 3.36. The number of aryl methyl sites for hydroxylation is 1. The van der Waals surface area contributed by atoms with Crippen molar-refractivity contribution in [3.05, 3.63) is 72.2 Å². The Morgan fingerprint density at radius 1 is 1.11 bits per heavy atom. The van der Waals surface area contributed by atoms with Gasteiger partial charge in [0.25, 0.3) is 0 Å². The summed E-state index contributed by atoms with van der Waals surface area (Å²) in [6.45, 7) is 2.55. The van der Waals surface area contributed by atoms with E-state index in [9.17, 15) is 4.79 Å². The molecule has 2 aromatic heterocycles. The molecule has 0 aliphatic rings. The van der Waals surface area contributed by atoms with Gasteiger partial charge in [-0.1, -0.05) is 37.3 Å². The number of anilines is 1. The van der Waals surface area contributed by atoms with Crippen molar-refractivity contribution in [2.24, 2.45) is 0 Å². The SMILES string of the molecule is CCc1oc2ccccc2c1CN(C)C(=O)Nc1cccc2cnccc12. The molecule has 0 saturated carbocycles. The van der Waals surface area contributed by atoms with Crippen molar-refractivity contribution in [1.82, 2.24) is 9.88 Å². The lowest BCUT2D eigenvalue weighted by atomic mass is 10.1. The van der Waals surface area contributed by atoms with E-state index in [0.717, 1.165) is 45.2 Å². The Balaban J connectivity index is 1.58. The molecule has 27 heavy (non-hydrogen) atoms. The number of nitrogens with one attached hydrogen (secondary N) is 1. The van der Waals surface area contributed by atoms with Gasteiger partial charge in [-0.15, -0.1) is 0 Å². The molecule has 2 amide bonds. The fourth-order valence-corrected chi connectivity index (χ4v) is 3.36. The number of aromatic nitrogens is 1. The van der Waals surface area contributed by atoms with Crippen LogP contribution in [-0.4, -0.2) is 23.0 Å². The second-order valence-electron chi connectivity index (χ2n) is 6.54. The molecule has 0 unspecified atom stereocenters. The Kier molecular flexibility index (Phi) is 4.50. The molecule has 1 N–H and O–H groups in total. The van der Waals surface area contributed by atoms with E-state index in [0.29, 0.717) is 6.54 Å². The van der Waals surface area contributed by atoms with Crippen molar-refractivity contribution < 1.29 is 9.21 Å². The fraction of sp³-hybridized carbons (Fsp3) is 0.182. The summed E-state index contributed by atoms with van der Waals surface area (Å²) in [6, 6.07) is 15.5. The topological polar surface area (TPSA) is 58.4 Å². The van der Waals surface area contributed by atoms with Crippen molar-refractivity contribution >= 4 is 33.5 Å². The predicted octanol–water partition coefficient (Wildman–Crippen LogP) is 5.21. The Bertz CT molecular complexity index is 1110. The molecule has 4 rings (SSSR count). The second kappa shape index (κ2) is 7.11. The van der Waals surface area contributed by atoms with E-state index in [1.165, 1.54) is 0 Å². The first kappa shape index (κ1) is 17.1. The molecular weight excluding hydrogens is 338 g/mol. The average molecular weight is 359 g/mol. The van der Waals surface area contributed by atoms with E-state index >= 15 is 0 Å². The number of para-hydroxylation sites is 1. The summed E-state index contributed by atoms with van der Waals surface area (Å²) in [6.07, 6.45) is 4.31. The van der Waals surface area contributed by atoms with Crippen LogP contribution >= 0.6 is 0 Å². The van der Waals surface area contributed by atoms with Crippen molar-refractivity contribution in [2.75, 3.05) is 12.4 Å². The third kappa shape index (κ3) is 3.24. The number of urea groups is 1. The van der Waals surface area contributed by atoms with Crippen LogP contribution in [0.4, 0.5) is 10.5 Å².